The fourth-order valence-electron chi connectivity index (χ4n) is 3.51. The number of nitrogens with zero attached hydrogens (tertiary/aromatic N) is 1. The first-order chi connectivity index (χ1) is 14.3. The second kappa shape index (κ2) is 9.70. The number of nitrogens with one attached hydrogen (secondary N) is 2. The third kappa shape index (κ3) is 5.66. The Morgan fingerprint density at radius 2 is 1.73 bits per heavy atom. The van der Waals surface area contributed by atoms with Gasteiger partial charge in [0.15, 0.2) is 0 Å². The lowest BCUT2D eigenvalue weighted by Gasteiger charge is -2.29. The van der Waals surface area contributed by atoms with Gasteiger partial charge in [0.1, 0.15) is 0 Å². The Morgan fingerprint density at radius 1 is 1.10 bits per heavy atom. The minimum Gasteiger partial charge on any atom is -0.393 e. The molecule has 1 fully saturated rings. The van der Waals surface area contributed by atoms with Gasteiger partial charge < -0.3 is 10.4 Å². The average Bonchev–Trinajstić information content (AvgIpc) is 2.75. The van der Waals surface area contributed by atoms with Crippen LogP contribution < -0.4 is 10.0 Å². The van der Waals surface area contributed by atoms with Gasteiger partial charge in [-0.15, -0.1) is 0 Å². The summed E-state index contributed by atoms with van der Waals surface area (Å²) >= 11 is 0. The number of aliphatic hydroxyl groups is 1. The lowest BCUT2D eigenvalue weighted by atomic mass is 10.1. The summed E-state index contributed by atoms with van der Waals surface area (Å²) in [6.45, 7) is 4.79. The van der Waals surface area contributed by atoms with Gasteiger partial charge in [-0.05, 0) is 55.6 Å². The summed E-state index contributed by atoms with van der Waals surface area (Å²) in [7, 11) is -2.27. The Hall–Kier alpha value is -2.26. The molecular formula is C22H29N3O4S. The highest BCUT2D eigenvalue weighted by Crippen LogP contribution is 2.17. The summed E-state index contributed by atoms with van der Waals surface area (Å²) in [5, 5.41) is 12.5. The molecule has 3 N–H and O–H groups in total. The second-order valence-electron chi connectivity index (χ2n) is 7.69. The maximum Gasteiger partial charge on any atom is 0.251 e. The molecule has 7 nitrogen and oxygen atoms in total. The molecule has 8 heteroatoms. The molecule has 0 atom stereocenters. The number of carbonyl (C=O) groups excluding carboxylic acids is 1. The SMILES string of the molecule is CNS(=O)(=O)c1ccc(C)c(C(=O)NCc2ccc(CN3CCC(O)CC3)cc2)c1. The zero-order chi connectivity index (χ0) is 21.7. The quantitative estimate of drug-likeness (QED) is 0.621. The largest absolute Gasteiger partial charge is 0.393 e. The van der Waals surface area contributed by atoms with Gasteiger partial charge in [-0.1, -0.05) is 30.3 Å². The maximum absolute atomic E-state index is 12.6. The molecule has 162 valence electrons. The van der Waals surface area contributed by atoms with Crippen LogP contribution in [0.25, 0.3) is 0 Å². The van der Waals surface area contributed by atoms with Gasteiger partial charge in [0.25, 0.3) is 5.91 Å². The first-order valence-corrected chi connectivity index (χ1v) is 11.6. The van der Waals surface area contributed by atoms with E-state index in [1.165, 1.54) is 24.7 Å². The minimum absolute atomic E-state index is 0.0651. The van der Waals surface area contributed by atoms with Crippen molar-refractivity contribution in [1.29, 1.82) is 0 Å². The molecule has 0 bridgehead atoms. The second-order valence-corrected chi connectivity index (χ2v) is 9.58. The van der Waals surface area contributed by atoms with Crippen molar-refractivity contribution in [3.63, 3.8) is 0 Å². The van der Waals surface area contributed by atoms with Crippen LogP contribution in [-0.4, -0.2) is 50.6 Å². The predicted molar refractivity (Wildman–Crippen MR) is 116 cm³/mol. The number of piperidine rings is 1. The third-order valence-corrected chi connectivity index (χ3v) is 6.88. The lowest BCUT2D eigenvalue weighted by molar-refractivity contribution is 0.0792. The van der Waals surface area contributed by atoms with E-state index >= 15 is 0 Å². The highest BCUT2D eigenvalue weighted by atomic mass is 32.2. The van der Waals surface area contributed by atoms with Crippen molar-refractivity contribution in [2.24, 2.45) is 0 Å². The van der Waals surface area contributed by atoms with E-state index in [0.29, 0.717) is 17.7 Å². The zero-order valence-electron chi connectivity index (χ0n) is 17.4. The van der Waals surface area contributed by atoms with Crippen LogP contribution in [-0.2, 0) is 23.1 Å². The van der Waals surface area contributed by atoms with Crippen LogP contribution in [0.5, 0.6) is 0 Å². The summed E-state index contributed by atoms with van der Waals surface area (Å²) < 4.78 is 26.3. The minimum atomic E-state index is -3.61. The van der Waals surface area contributed by atoms with Gasteiger partial charge >= 0.3 is 0 Å². The fourth-order valence-corrected chi connectivity index (χ4v) is 4.26. The summed E-state index contributed by atoms with van der Waals surface area (Å²) in [6, 6.07) is 12.6. The van der Waals surface area contributed by atoms with E-state index in [2.05, 4.69) is 27.1 Å². The molecule has 0 radical (unpaired) electrons. The van der Waals surface area contributed by atoms with Crippen LogP contribution in [0.15, 0.2) is 47.4 Å². The molecule has 0 aliphatic carbocycles. The van der Waals surface area contributed by atoms with Gasteiger partial charge in [-0.3, -0.25) is 9.69 Å². The topological polar surface area (TPSA) is 98.7 Å². The molecule has 0 unspecified atom stereocenters. The normalized spacial score (nSPS) is 15.8. The Kier molecular flexibility index (Phi) is 7.25. The molecule has 0 spiro atoms. The molecule has 1 amide bonds. The summed E-state index contributed by atoms with van der Waals surface area (Å²) in [5.41, 5.74) is 3.22. The first-order valence-electron chi connectivity index (χ1n) is 10.1. The van der Waals surface area contributed by atoms with Crippen molar-refractivity contribution in [2.75, 3.05) is 20.1 Å². The Labute approximate surface area is 178 Å². The number of carbonyl (C=O) groups is 1. The van der Waals surface area contributed by atoms with Crippen molar-refractivity contribution in [3.8, 4) is 0 Å². The smallest absolute Gasteiger partial charge is 0.251 e. The number of sulfonamides is 1. The van der Waals surface area contributed by atoms with Gasteiger partial charge in [-0.25, -0.2) is 13.1 Å². The van der Waals surface area contributed by atoms with Crippen LogP contribution in [0, 0.1) is 6.92 Å². The van der Waals surface area contributed by atoms with E-state index in [0.717, 1.165) is 38.0 Å². The van der Waals surface area contributed by atoms with Crippen molar-refractivity contribution >= 4 is 15.9 Å². The molecule has 1 aliphatic rings. The monoisotopic (exact) mass is 431 g/mol. The Bertz CT molecular complexity index is 982. The molecular weight excluding hydrogens is 402 g/mol. The van der Waals surface area contributed by atoms with E-state index in [1.807, 2.05) is 12.1 Å². The summed E-state index contributed by atoms with van der Waals surface area (Å²) in [5.74, 6) is -0.309. The van der Waals surface area contributed by atoms with Gasteiger partial charge in [-0.2, -0.15) is 0 Å². The van der Waals surface area contributed by atoms with Crippen LogP contribution in [0.1, 0.15) is 39.9 Å². The van der Waals surface area contributed by atoms with Gasteiger partial charge in [0.05, 0.1) is 11.0 Å². The van der Waals surface area contributed by atoms with Crippen molar-refractivity contribution < 1.29 is 18.3 Å². The van der Waals surface area contributed by atoms with Crippen molar-refractivity contribution in [3.05, 3.63) is 64.7 Å². The first kappa shape index (κ1) is 22.4. The van der Waals surface area contributed by atoms with Crippen LogP contribution in [0.3, 0.4) is 0 Å². The number of aryl methyl sites for hydroxylation is 1. The number of hydrogen-bond donors (Lipinski definition) is 3. The zero-order valence-corrected chi connectivity index (χ0v) is 18.2. The van der Waals surface area contributed by atoms with Crippen LogP contribution >= 0.6 is 0 Å². The number of rotatable bonds is 7. The Balaban J connectivity index is 1.59. The van der Waals surface area contributed by atoms with E-state index in [-0.39, 0.29) is 16.9 Å². The lowest BCUT2D eigenvalue weighted by Crippen LogP contribution is -2.35. The number of likely N-dealkylation sites (tertiary alicyclic amines) is 1. The molecule has 1 saturated heterocycles. The molecule has 2 aromatic rings. The van der Waals surface area contributed by atoms with Gasteiger partial charge in [0, 0.05) is 31.7 Å². The fraction of sp³-hybridized carbons (Fsp3) is 0.409. The molecule has 0 aromatic heterocycles. The molecule has 30 heavy (non-hydrogen) atoms. The average molecular weight is 432 g/mol. The van der Waals surface area contributed by atoms with Crippen molar-refractivity contribution in [2.45, 2.75) is 43.9 Å². The number of benzene rings is 2. The molecule has 2 aromatic carbocycles. The number of aliphatic hydroxyl groups excluding tert-OH is 1. The summed E-state index contributed by atoms with van der Waals surface area (Å²) in [4.78, 5) is 15.0. The van der Waals surface area contributed by atoms with E-state index in [1.54, 1.807) is 13.0 Å². The predicted octanol–water partition coefficient (Wildman–Crippen LogP) is 1.79. The maximum atomic E-state index is 12.6. The molecule has 1 heterocycles. The summed E-state index contributed by atoms with van der Waals surface area (Å²) in [6.07, 6.45) is 1.47. The number of amides is 1. The van der Waals surface area contributed by atoms with E-state index < -0.39 is 10.0 Å². The highest BCUT2D eigenvalue weighted by Gasteiger charge is 2.18. The van der Waals surface area contributed by atoms with Crippen molar-refractivity contribution in [1.82, 2.24) is 14.9 Å². The molecule has 1 aliphatic heterocycles. The van der Waals surface area contributed by atoms with E-state index in [9.17, 15) is 18.3 Å². The third-order valence-electron chi connectivity index (χ3n) is 5.47. The standard InChI is InChI=1S/C22H29N3O4S/c1-16-3-8-20(30(28,29)23-2)13-21(16)22(27)24-14-17-4-6-18(7-5-17)15-25-11-9-19(26)10-12-25/h3-8,13,19,23,26H,9-12,14-15H2,1-2H3,(H,24,27). The number of hydrogen-bond acceptors (Lipinski definition) is 5. The van der Waals surface area contributed by atoms with Crippen LogP contribution in [0.4, 0.5) is 0 Å². The van der Waals surface area contributed by atoms with E-state index in [4.69, 9.17) is 0 Å². The van der Waals surface area contributed by atoms with Crippen LogP contribution in [0.2, 0.25) is 0 Å². The molecule has 3 rings (SSSR count). The molecule has 0 saturated carbocycles. The van der Waals surface area contributed by atoms with Gasteiger partial charge in [0.2, 0.25) is 10.0 Å². The Morgan fingerprint density at radius 3 is 2.37 bits per heavy atom. The highest BCUT2D eigenvalue weighted by molar-refractivity contribution is 7.89.